The maximum Gasteiger partial charge on any atom is 0.171 e. The third-order valence-corrected chi connectivity index (χ3v) is 2.76. The standard InChI is InChI=1S/C14H12O5/c15-10-5-1-3-8(13(10)18)7-12(17)9-4-2-6-11(16)14(9)19/h1-6,15-16,18-19H,7H2. The number of para-hydroxylation sites is 2. The summed E-state index contributed by atoms with van der Waals surface area (Å²) in [4.78, 5) is 12.0. The molecule has 0 spiro atoms. The molecule has 2 aromatic carbocycles. The number of benzene rings is 2. The number of Topliss-reactive ketones (excluding diaryl/α,β-unsaturated/α-hetero) is 1. The highest BCUT2D eigenvalue weighted by Gasteiger charge is 2.16. The SMILES string of the molecule is O=C(Cc1cccc(O)c1O)c1cccc(O)c1O. The topological polar surface area (TPSA) is 98.0 Å². The molecule has 19 heavy (non-hydrogen) atoms. The van der Waals surface area contributed by atoms with Gasteiger partial charge in [-0.05, 0) is 18.2 Å². The Balaban J connectivity index is 2.31. The van der Waals surface area contributed by atoms with Crippen molar-refractivity contribution in [2.45, 2.75) is 6.42 Å². The highest BCUT2D eigenvalue weighted by atomic mass is 16.3. The average Bonchev–Trinajstić information content (AvgIpc) is 2.38. The fourth-order valence-electron chi connectivity index (χ4n) is 1.74. The molecule has 5 nitrogen and oxygen atoms in total. The van der Waals surface area contributed by atoms with Crippen LogP contribution in [-0.2, 0) is 6.42 Å². The Bertz CT molecular complexity index is 634. The minimum Gasteiger partial charge on any atom is -0.504 e. The number of hydrogen-bond donors (Lipinski definition) is 4. The van der Waals surface area contributed by atoms with E-state index in [1.54, 1.807) is 0 Å². The molecule has 0 aliphatic carbocycles. The van der Waals surface area contributed by atoms with Crippen LogP contribution in [0.2, 0.25) is 0 Å². The monoisotopic (exact) mass is 260 g/mol. The minimum atomic E-state index is -0.493. The van der Waals surface area contributed by atoms with Crippen LogP contribution < -0.4 is 0 Å². The molecule has 0 unspecified atom stereocenters. The molecule has 0 amide bonds. The number of ketones is 1. The fraction of sp³-hybridized carbons (Fsp3) is 0.0714. The lowest BCUT2D eigenvalue weighted by Gasteiger charge is -2.07. The molecule has 0 radical (unpaired) electrons. The normalized spacial score (nSPS) is 10.3. The number of hydrogen-bond acceptors (Lipinski definition) is 5. The van der Waals surface area contributed by atoms with Gasteiger partial charge in [0.2, 0.25) is 0 Å². The largest absolute Gasteiger partial charge is 0.504 e. The van der Waals surface area contributed by atoms with Gasteiger partial charge in [-0.15, -0.1) is 0 Å². The van der Waals surface area contributed by atoms with E-state index in [0.717, 1.165) is 0 Å². The summed E-state index contributed by atoms with van der Waals surface area (Å²) in [5.74, 6) is -2.03. The van der Waals surface area contributed by atoms with Crippen molar-refractivity contribution < 1.29 is 25.2 Å². The Morgan fingerprint density at radius 3 is 2.11 bits per heavy atom. The smallest absolute Gasteiger partial charge is 0.171 e. The molecule has 5 heteroatoms. The second-order valence-electron chi connectivity index (χ2n) is 4.06. The first kappa shape index (κ1) is 12.8. The molecule has 0 fully saturated rings. The Labute approximate surface area is 109 Å². The van der Waals surface area contributed by atoms with Crippen molar-refractivity contribution >= 4 is 5.78 Å². The van der Waals surface area contributed by atoms with Gasteiger partial charge in [0, 0.05) is 12.0 Å². The van der Waals surface area contributed by atoms with Gasteiger partial charge < -0.3 is 20.4 Å². The predicted molar refractivity (Wildman–Crippen MR) is 67.6 cm³/mol. The highest BCUT2D eigenvalue weighted by Crippen LogP contribution is 2.32. The summed E-state index contributed by atoms with van der Waals surface area (Å²) in [6, 6.07) is 8.36. The van der Waals surface area contributed by atoms with Gasteiger partial charge in [0.15, 0.2) is 28.8 Å². The van der Waals surface area contributed by atoms with Gasteiger partial charge in [0.25, 0.3) is 0 Å². The minimum absolute atomic E-state index is 0.0391. The van der Waals surface area contributed by atoms with E-state index in [1.165, 1.54) is 36.4 Å². The molecule has 98 valence electrons. The highest BCUT2D eigenvalue weighted by molar-refractivity contribution is 6.00. The number of phenols is 4. The number of carbonyl (C=O) groups is 1. The first-order valence-electron chi connectivity index (χ1n) is 5.54. The summed E-state index contributed by atoms with van der Waals surface area (Å²) < 4.78 is 0. The van der Waals surface area contributed by atoms with Crippen LogP contribution in [0.4, 0.5) is 0 Å². The molecule has 2 aromatic rings. The molecular weight excluding hydrogens is 248 g/mol. The van der Waals surface area contributed by atoms with E-state index < -0.39 is 11.5 Å². The Kier molecular flexibility index (Phi) is 3.29. The van der Waals surface area contributed by atoms with Crippen molar-refractivity contribution in [3.8, 4) is 23.0 Å². The molecule has 0 aliphatic rings. The van der Waals surface area contributed by atoms with Gasteiger partial charge in [0.05, 0.1) is 5.56 Å². The molecule has 4 N–H and O–H groups in total. The Hall–Kier alpha value is -2.69. The van der Waals surface area contributed by atoms with Gasteiger partial charge in [-0.3, -0.25) is 4.79 Å². The van der Waals surface area contributed by atoms with E-state index in [4.69, 9.17) is 0 Å². The van der Waals surface area contributed by atoms with Crippen molar-refractivity contribution in [3.63, 3.8) is 0 Å². The van der Waals surface area contributed by atoms with Crippen LogP contribution in [-0.4, -0.2) is 26.2 Å². The summed E-state index contributed by atoms with van der Waals surface area (Å²) in [5.41, 5.74) is 0.204. The van der Waals surface area contributed by atoms with Crippen LogP contribution in [0.5, 0.6) is 23.0 Å². The maximum absolute atomic E-state index is 12.0. The van der Waals surface area contributed by atoms with E-state index >= 15 is 0 Å². The number of carbonyl (C=O) groups excluding carboxylic acids is 1. The summed E-state index contributed by atoms with van der Waals surface area (Å²) in [7, 11) is 0. The molecule has 0 atom stereocenters. The molecule has 0 heterocycles. The molecular formula is C14H12O5. The lowest BCUT2D eigenvalue weighted by Crippen LogP contribution is -2.04. The van der Waals surface area contributed by atoms with E-state index in [9.17, 15) is 25.2 Å². The quantitative estimate of drug-likeness (QED) is 0.499. The predicted octanol–water partition coefficient (Wildman–Crippen LogP) is 1.93. The molecule has 0 saturated heterocycles. The third-order valence-electron chi connectivity index (χ3n) is 2.76. The number of phenolic OH excluding ortho intramolecular Hbond substituents is 4. The van der Waals surface area contributed by atoms with E-state index in [0.29, 0.717) is 0 Å². The fourth-order valence-corrected chi connectivity index (χ4v) is 1.74. The van der Waals surface area contributed by atoms with Crippen molar-refractivity contribution in [3.05, 3.63) is 47.5 Å². The maximum atomic E-state index is 12.0. The van der Waals surface area contributed by atoms with Crippen LogP contribution in [0.25, 0.3) is 0 Å². The van der Waals surface area contributed by atoms with Crippen molar-refractivity contribution in [1.29, 1.82) is 0 Å². The Morgan fingerprint density at radius 1 is 0.842 bits per heavy atom. The van der Waals surface area contributed by atoms with E-state index in [1.807, 2.05) is 0 Å². The van der Waals surface area contributed by atoms with Crippen LogP contribution in [0.3, 0.4) is 0 Å². The Morgan fingerprint density at radius 2 is 1.42 bits per heavy atom. The van der Waals surface area contributed by atoms with Crippen LogP contribution in [0.1, 0.15) is 15.9 Å². The zero-order valence-electron chi connectivity index (χ0n) is 9.87. The van der Waals surface area contributed by atoms with E-state index in [-0.39, 0.29) is 34.8 Å². The van der Waals surface area contributed by atoms with Crippen LogP contribution >= 0.6 is 0 Å². The third kappa shape index (κ3) is 2.44. The van der Waals surface area contributed by atoms with Gasteiger partial charge in [-0.25, -0.2) is 0 Å². The second-order valence-corrected chi connectivity index (χ2v) is 4.06. The summed E-state index contributed by atoms with van der Waals surface area (Å²) in [6.07, 6.45) is -0.197. The zero-order chi connectivity index (χ0) is 14.0. The van der Waals surface area contributed by atoms with Gasteiger partial charge in [0.1, 0.15) is 0 Å². The van der Waals surface area contributed by atoms with Gasteiger partial charge in [-0.2, -0.15) is 0 Å². The lowest BCUT2D eigenvalue weighted by molar-refractivity contribution is 0.0988. The molecule has 0 bridgehead atoms. The summed E-state index contributed by atoms with van der Waals surface area (Å²) in [5, 5.41) is 37.8. The lowest BCUT2D eigenvalue weighted by atomic mass is 10.0. The summed E-state index contributed by atoms with van der Waals surface area (Å²) >= 11 is 0. The average molecular weight is 260 g/mol. The van der Waals surface area contributed by atoms with E-state index in [2.05, 4.69) is 0 Å². The van der Waals surface area contributed by atoms with Crippen molar-refractivity contribution in [2.24, 2.45) is 0 Å². The summed E-state index contributed by atoms with van der Waals surface area (Å²) in [6.45, 7) is 0. The first-order valence-corrected chi connectivity index (χ1v) is 5.54. The van der Waals surface area contributed by atoms with Crippen molar-refractivity contribution in [2.75, 3.05) is 0 Å². The van der Waals surface area contributed by atoms with Crippen LogP contribution in [0, 0.1) is 0 Å². The van der Waals surface area contributed by atoms with Gasteiger partial charge >= 0.3 is 0 Å². The zero-order valence-corrected chi connectivity index (χ0v) is 9.87. The number of rotatable bonds is 3. The van der Waals surface area contributed by atoms with Crippen molar-refractivity contribution in [1.82, 2.24) is 0 Å². The molecule has 0 aliphatic heterocycles. The molecule has 2 rings (SSSR count). The van der Waals surface area contributed by atoms with Gasteiger partial charge in [-0.1, -0.05) is 18.2 Å². The molecule has 0 aromatic heterocycles. The first-order chi connectivity index (χ1) is 9.00. The molecule has 0 saturated carbocycles. The van der Waals surface area contributed by atoms with Crippen LogP contribution in [0.15, 0.2) is 36.4 Å². The number of aromatic hydroxyl groups is 4. The second kappa shape index (κ2) is 4.89.